The normalized spacial score (nSPS) is 22.2. The van der Waals surface area contributed by atoms with Gasteiger partial charge in [0.1, 0.15) is 10.3 Å². The van der Waals surface area contributed by atoms with E-state index < -0.39 is 22.1 Å². The van der Waals surface area contributed by atoms with Crippen molar-refractivity contribution in [1.29, 1.82) is 0 Å². The Morgan fingerprint density at radius 2 is 1.81 bits per heavy atom. The molecule has 9 heteroatoms. The largest absolute Gasteiger partial charge is 0.328 e. The highest BCUT2D eigenvalue weighted by molar-refractivity contribution is 7.91. The van der Waals surface area contributed by atoms with Crippen molar-refractivity contribution in [3.8, 4) is 0 Å². The number of carbonyl (C=O) groups excluding carboxylic acids is 2. The topological polar surface area (TPSA) is 78.0 Å². The average Bonchev–Trinajstić information content (AvgIpc) is 3.30. The molecule has 0 unspecified atom stereocenters. The average molecular weight is 406 g/mol. The molecule has 2 fully saturated rings. The fraction of sp³-hybridized carbons (Fsp3) is 0.333. The van der Waals surface area contributed by atoms with Crippen LogP contribution in [0.5, 0.6) is 0 Å². The lowest BCUT2D eigenvalue weighted by atomic mass is 10.1. The van der Waals surface area contributed by atoms with Gasteiger partial charge in [-0.15, -0.1) is 11.3 Å². The van der Waals surface area contributed by atoms with Crippen molar-refractivity contribution in [2.24, 2.45) is 0 Å². The third kappa shape index (κ3) is 2.95. The van der Waals surface area contributed by atoms with Crippen molar-refractivity contribution in [1.82, 2.24) is 14.1 Å². The summed E-state index contributed by atoms with van der Waals surface area (Å²) in [6, 6.07) is 11.0. The van der Waals surface area contributed by atoms with Gasteiger partial charge in [0.05, 0.1) is 6.04 Å². The van der Waals surface area contributed by atoms with Gasteiger partial charge in [-0.05, 0) is 23.9 Å². The highest BCUT2D eigenvalue weighted by Crippen LogP contribution is 2.32. The van der Waals surface area contributed by atoms with E-state index in [1.165, 1.54) is 14.1 Å². The van der Waals surface area contributed by atoms with E-state index in [1.807, 2.05) is 37.3 Å². The maximum Gasteiger partial charge on any atom is 0.328 e. The maximum atomic E-state index is 13.0. The number of imide groups is 1. The summed E-state index contributed by atoms with van der Waals surface area (Å²) in [5, 5.41) is 1.71. The fourth-order valence-electron chi connectivity index (χ4n) is 3.58. The number of benzene rings is 1. The molecule has 3 amide bonds. The lowest BCUT2D eigenvalue weighted by Gasteiger charge is -2.34. The molecular formula is C18H19N3O4S2. The summed E-state index contributed by atoms with van der Waals surface area (Å²) >= 11 is 1.15. The fourth-order valence-corrected chi connectivity index (χ4v) is 6.17. The van der Waals surface area contributed by atoms with Gasteiger partial charge in [-0.2, -0.15) is 4.31 Å². The first kappa shape index (κ1) is 18.1. The number of urea groups is 1. The van der Waals surface area contributed by atoms with Crippen LogP contribution in [-0.2, 0) is 14.8 Å². The summed E-state index contributed by atoms with van der Waals surface area (Å²) in [6.07, 6.45) is 0. The van der Waals surface area contributed by atoms with Crippen molar-refractivity contribution < 1.29 is 18.0 Å². The smallest absolute Gasteiger partial charge is 0.310 e. The number of hydrogen-bond donors (Lipinski definition) is 0. The molecule has 142 valence electrons. The zero-order valence-corrected chi connectivity index (χ0v) is 16.3. The van der Waals surface area contributed by atoms with Gasteiger partial charge in [-0.3, -0.25) is 9.69 Å². The van der Waals surface area contributed by atoms with Crippen molar-refractivity contribution in [2.45, 2.75) is 23.2 Å². The third-order valence-corrected chi connectivity index (χ3v) is 8.31. The van der Waals surface area contributed by atoms with E-state index in [0.717, 1.165) is 16.9 Å². The van der Waals surface area contributed by atoms with Crippen LogP contribution in [0.4, 0.5) is 4.79 Å². The molecule has 2 aliphatic heterocycles. The molecule has 0 aliphatic carbocycles. The Bertz CT molecular complexity index is 960. The molecule has 0 radical (unpaired) electrons. The van der Waals surface area contributed by atoms with Crippen LogP contribution in [0.2, 0.25) is 0 Å². The van der Waals surface area contributed by atoms with Gasteiger partial charge in [0, 0.05) is 19.6 Å². The van der Waals surface area contributed by atoms with Crippen molar-refractivity contribution in [3.05, 3.63) is 53.4 Å². The minimum atomic E-state index is -3.65. The molecule has 1 aromatic carbocycles. The zero-order valence-electron chi connectivity index (χ0n) is 14.7. The predicted octanol–water partition coefficient (Wildman–Crippen LogP) is 2.15. The number of hydrogen-bond acceptors (Lipinski definition) is 5. The maximum absolute atomic E-state index is 13.0. The van der Waals surface area contributed by atoms with Gasteiger partial charge in [-0.1, -0.05) is 36.4 Å². The minimum Gasteiger partial charge on any atom is -0.310 e. The number of rotatable bonds is 4. The van der Waals surface area contributed by atoms with Gasteiger partial charge in [0.25, 0.3) is 15.9 Å². The van der Waals surface area contributed by atoms with Gasteiger partial charge >= 0.3 is 6.03 Å². The second-order valence-electron chi connectivity index (χ2n) is 6.58. The van der Waals surface area contributed by atoms with Crippen molar-refractivity contribution >= 4 is 33.3 Å². The van der Waals surface area contributed by atoms with Gasteiger partial charge < -0.3 is 4.90 Å². The molecule has 0 saturated carbocycles. The quantitative estimate of drug-likeness (QED) is 0.730. The summed E-state index contributed by atoms with van der Waals surface area (Å²) in [5.41, 5.74) is 0.863. The minimum absolute atomic E-state index is 0.0111. The Hall–Kier alpha value is -2.23. The van der Waals surface area contributed by atoms with E-state index >= 15 is 0 Å². The molecule has 0 bridgehead atoms. The monoisotopic (exact) mass is 405 g/mol. The SMILES string of the molecule is C[C@@H](c1ccccc1)N1C(=O)[C@H]2CN(S(=O)(=O)c3cccs3)CCN2C1=O. The highest BCUT2D eigenvalue weighted by atomic mass is 32.2. The molecule has 0 N–H and O–H groups in total. The van der Waals surface area contributed by atoms with Crippen LogP contribution in [0.3, 0.4) is 0 Å². The van der Waals surface area contributed by atoms with Crippen LogP contribution in [0, 0.1) is 0 Å². The van der Waals surface area contributed by atoms with Crippen LogP contribution in [0.15, 0.2) is 52.1 Å². The summed E-state index contributed by atoms with van der Waals surface area (Å²) in [5.74, 6) is -0.345. The number of fused-ring (bicyclic) bond motifs is 1. The Balaban J connectivity index is 1.58. The number of sulfonamides is 1. The Labute approximate surface area is 161 Å². The van der Waals surface area contributed by atoms with E-state index in [0.29, 0.717) is 0 Å². The molecule has 3 heterocycles. The van der Waals surface area contributed by atoms with Crippen LogP contribution in [0.25, 0.3) is 0 Å². The molecular weight excluding hydrogens is 386 g/mol. The first-order chi connectivity index (χ1) is 12.9. The van der Waals surface area contributed by atoms with Crippen LogP contribution in [-0.4, -0.2) is 60.1 Å². The second-order valence-corrected chi connectivity index (χ2v) is 9.69. The number of nitrogens with zero attached hydrogens (tertiary/aromatic N) is 3. The molecule has 2 saturated heterocycles. The van der Waals surface area contributed by atoms with Crippen molar-refractivity contribution in [3.63, 3.8) is 0 Å². The number of carbonyl (C=O) groups is 2. The highest BCUT2D eigenvalue weighted by Gasteiger charge is 2.51. The van der Waals surface area contributed by atoms with Crippen LogP contribution < -0.4 is 0 Å². The van der Waals surface area contributed by atoms with Gasteiger partial charge in [0.15, 0.2) is 0 Å². The molecule has 7 nitrogen and oxygen atoms in total. The van der Waals surface area contributed by atoms with Crippen LogP contribution in [0.1, 0.15) is 18.5 Å². The summed E-state index contributed by atoms with van der Waals surface area (Å²) in [7, 11) is -3.65. The lowest BCUT2D eigenvalue weighted by Crippen LogP contribution is -2.54. The van der Waals surface area contributed by atoms with E-state index in [1.54, 1.807) is 17.5 Å². The Morgan fingerprint density at radius 3 is 2.48 bits per heavy atom. The summed E-state index contributed by atoms with van der Waals surface area (Å²) < 4.78 is 27.1. The molecule has 0 spiro atoms. The Kier molecular flexibility index (Phi) is 4.53. The van der Waals surface area contributed by atoms with E-state index in [-0.39, 0.29) is 35.8 Å². The first-order valence-electron chi connectivity index (χ1n) is 8.63. The molecule has 1 aromatic heterocycles. The van der Waals surface area contributed by atoms with E-state index in [9.17, 15) is 18.0 Å². The third-order valence-electron chi connectivity index (χ3n) is 5.08. The summed E-state index contributed by atoms with van der Waals surface area (Å²) in [6.45, 7) is 2.19. The number of piperazine rings is 1. The molecule has 2 aromatic rings. The Morgan fingerprint density at radius 1 is 1.07 bits per heavy atom. The lowest BCUT2D eigenvalue weighted by molar-refractivity contribution is -0.130. The summed E-state index contributed by atoms with van der Waals surface area (Å²) in [4.78, 5) is 28.5. The van der Waals surface area contributed by atoms with Crippen molar-refractivity contribution in [2.75, 3.05) is 19.6 Å². The van der Waals surface area contributed by atoms with E-state index in [2.05, 4.69) is 0 Å². The van der Waals surface area contributed by atoms with Gasteiger partial charge in [0.2, 0.25) is 0 Å². The first-order valence-corrected chi connectivity index (χ1v) is 11.0. The molecule has 27 heavy (non-hydrogen) atoms. The number of thiophene rings is 1. The second kappa shape index (κ2) is 6.74. The zero-order chi connectivity index (χ0) is 19.2. The van der Waals surface area contributed by atoms with E-state index in [4.69, 9.17) is 0 Å². The molecule has 2 atom stereocenters. The van der Waals surface area contributed by atoms with Gasteiger partial charge in [-0.25, -0.2) is 13.2 Å². The predicted molar refractivity (Wildman–Crippen MR) is 101 cm³/mol. The van der Waals surface area contributed by atoms with Crippen LogP contribution >= 0.6 is 11.3 Å². The standard InChI is InChI=1S/C18H19N3O4S2/c1-13(14-6-3-2-4-7-14)21-17(22)15-12-19(9-10-20(15)18(21)23)27(24,25)16-8-5-11-26-16/h2-8,11,13,15H,9-10,12H2,1H3/t13-,15+/m0/s1. The molecule has 2 aliphatic rings. The molecule has 4 rings (SSSR count). The number of amides is 3.